The highest BCUT2D eigenvalue weighted by Gasteiger charge is 1.93. The van der Waals surface area contributed by atoms with Crippen molar-refractivity contribution in [3.8, 4) is 0 Å². The van der Waals surface area contributed by atoms with Gasteiger partial charge in [0.25, 0.3) is 0 Å². The zero-order valence-electron chi connectivity index (χ0n) is 9.00. The quantitative estimate of drug-likeness (QED) is 0.590. The Bertz CT molecular complexity index is 264. The Kier molecular flexibility index (Phi) is 6.81. The summed E-state index contributed by atoms with van der Waals surface area (Å²) in [5.74, 6) is 1.25. The minimum Gasteiger partial charge on any atom is -0.313 e. The number of unbranched alkanes of at least 4 members (excludes halogenated alkanes) is 1. The summed E-state index contributed by atoms with van der Waals surface area (Å²) in [5.41, 5.74) is 1.18. The average Bonchev–Trinajstić information content (AvgIpc) is 2.26. The van der Waals surface area contributed by atoms with Gasteiger partial charge < -0.3 is 5.32 Å². The zero-order valence-corrected chi connectivity index (χ0v) is 10.6. The summed E-state index contributed by atoms with van der Waals surface area (Å²) >= 11 is 7.60. The lowest BCUT2D eigenvalue weighted by Crippen LogP contribution is -2.14. The van der Waals surface area contributed by atoms with E-state index in [1.807, 2.05) is 30.1 Å². The van der Waals surface area contributed by atoms with Crippen LogP contribution in [0.15, 0.2) is 18.3 Å². The minimum absolute atomic E-state index is 0.554. The number of nitrogens with one attached hydrogen (secondary N) is 1. The van der Waals surface area contributed by atoms with Gasteiger partial charge in [-0.05, 0) is 43.0 Å². The predicted molar refractivity (Wildman–Crippen MR) is 68.6 cm³/mol. The molecule has 0 radical (unpaired) electrons. The summed E-state index contributed by atoms with van der Waals surface area (Å²) in [7, 11) is 0. The van der Waals surface area contributed by atoms with Crippen molar-refractivity contribution in [1.82, 2.24) is 10.3 Å². The van der Waals surface area contributed by atoms with E-state index < -0.39 is 0 Å². The van der Waals surface area contributed by atoms with Crippen molar-refractivity contribution in [3.63, 3.8) is 0 Å². The van der Waals surface area contributed by atoms with E-state index in [1.165, 1.54) is 24.2 Å². The number of nitrogens with zero attached hydrogens (tertiary/aromatic N) is 1. The van der Waals surface area contributed by atoms with Crippen molar-refractivity contribution in [2.75, 3.05) is 18.6 Å². The van der Waals surface area contributed by atoms with Crippen LogP contribution < -0.4 is 5.32 Å². The maximum absolute atomic E-state index is 5.70. The van der Waals surface area contributed by atoms with Crippen LogP contribution in [-0.4, -0.2) is 23.5 Å². The van der Waals surface area contributed by atoms with Crippen molar-refractivity contribution >= 4 is 23.4 Å². The summed E-state index contributed by atoms with van der Waals surface area (Å²) < 4.78 is 0. The van der Waals surface area contributed by atoms with E-state index in [-0.39, 0.29) is 0 Å². The second-order valence-electron chi connectivity index (χ2n) is 3.37. The summed E-state index contributed by atoms with van der Waals surface area (Å²) in [6, 6.07) is 3.83. The standard InChI is InChI=1S/C11H17ClN2S/c1-15-7-3-2-6-13-8-10-4-5-11(12)14-9-10/h4-5,9,13H,2-3,6-8H2,1H3. The molecule has 0 saturated heterocycles. The molecule has 0 fully saturated rings. The molecule has 0 aliphatic rings. The third-order valence-electron chi connectivity index (χ3n) is 2.07. The lowest BCUT2D eigenvalue weighted by Gasteiger charge is -2.04. The van der Waals surface area contributed by atoms with Gasteiger partial charge >= 0.3 is 0 Å². The van der Waals surface area contributed by atoms with Crippen LogP contribution in [0.25, 0.3) is 0 Å². The third-order valence-corrected chi connectivity index (χ3v) is 2.99. The van der Waals surface area contributed by atoms with Gasteiger partial charge in [-0.2, -0.15) is 11.8 Å². The Morgan fingerprint density at radius 1 is 1.40 bits per heavy atom. The largest absolute Gasteiger partial charge is 0.313 e. The van der Waals surface area contributed by atoms with Gasteiger partial charge in [0, 0.05) is 12.7 Å². The fourth-order valence-electron chi connectivity index (χ4n) is 1.24. The van der Waals surface area contributed by atoms with Crippen molar-refractivity contribution in [2.45, 2.75) is 19.4 Å². The highest BCUT2D eigenvalue weighted by Crippen LogP contribution is 2.04. The molecule has 15 heavy (non-hydrogen) atoms. The van der Waals surface area contributed by atoms with Gasteiger partial charge in [-0.3, -0.25) is 0 Å². The molecule has 1 N–H and O–H groups in total. The van der Waals surface area contributed by atoms with Gasteiger partial charge in [-0.15, -0.1) is 0 Å². The van der Waals surface area contributed by atoms with Crippen LogP contribution in [0, 0.1) is 0 Å². The smallest absolute Gasteiger partial charge is 0.129 e. The highest BCUT2D eigenvalue weighted by atomic mass is 35.5. The van der Waals surface area contributed by atoms with Gasteiger partial charge in [0.2, 0.25) is 0 Å². The normalized spacial score (nSPS) is 10.5. The second kappa shape index (κ2) is 7.97. The number of halogens is 1. The summed E-state index contributed by atoms with van der Waals surface area (Å²) in [4.78, 5) is 4.03. The van der Waals surface area contributed by atoms with Crippen LogP contribution >= 0.6 is 23.4 Å². The molecule has 1 heterocycles. The molecule has 4 heteroatoms. The molecule has 0 spiro atoms. The first kappa shape index (κ1) is 12.8. The van der Waals surface area contributed by atoms with Crippen LogP contribution in [-0.2, 0) is 6.54 Å². The van der Waals surface area contributed by atoms with E-state index in [1.54, 1.807) is 0 Å². The molecule has 0 amide bonds. The Labute approximate surface area is 101 Å². The Morgan fingerprint density at radius 2 is 2.27 bits per heavy atom. The number of thioether (sulfide) groups is 1. The fourth-order valence-corrected chi connectivity index (χ4v) is 1.84. The van der Waals surface area contributed by atoms with E-state index in [0.717, 1.165) is 13.1 Å². The lowest BCUT2D eigenvalue weighted by atomic mass is 10.3. The maximum Gasteiger partial charge on any atom is 0.129 e. The monoisotopic (exact) mass is 244 g/mol. The topological polar surface area (TPSA) is 24.9 Å². The van der Waals surface area contributed by atoms with Gasteiger partial charge in [0.05, 0.1) is 0 Å². The van der Waals surface area contributed by atoms with Gasteiger partial charge in [0.1, 0.15) is 5.15 Å². The van der Waals surface area contributed by atoms with Crippen LogP contribution in [0.3, 0.4) is 0 Å². The van der Waals surface area contributed by atoms with Crippen LogP contribution in [0.4, 0.5) is 0 Å². The molecule has 1 rings (SSSR count). The molecule has 0 atom stereocenters. The van der Waals surface area contributed by atoms with Crippen molar-refractivity contribution in [2.24, 2.45) is 0 Å². The first-order chi connectivity index (χ1) is 7.33. The molecule has 1 aromatic rings. The SMILES string of the molecule is CSCCCCNCc1ccc(Cl)nc1. The second-order valence-corrected chi connectivity index (χ2v) is 4.74. The molecule has 1 aromatic heterocycles. The van der Waals surface area contributed by atoms with Crippen molar-refractivity contribution in [3.05, 3.63) is 29.0 Å². The van der Waals surface area contributed by atoms with Crippen molar-refractivity contribution < 1.29 is 0 Å². The molecule has 2 nitrogen and oxygen atoms in total. The van der Waals surface area contributed by atoms with E-state index in [4.69, 9.17) is 11.6 Å². The van der Waals surface area contributed by atoms with Crippen LogP contribution in [0.5, 0.6) is 0 Å². The molecule has 84 valence electrons. The molecule has 0 bridgehead atoms. The number of aromatic nitrogens is 1. The fraction of sp³-hybridized carbons (Fsp3) is 0.545. The van der Waals surface area contributed by atoms with E-state index in [0.29, 0.717) is 5.15 Å². The predicted octanol–water partition coefficient (Wildman–Crippen LogP) is 2.97. The number of pyridine rings is 1. The lowest BCUT2D eigenvalue weighted by molar-refractivity contribution is 0.643. The van der Waals surface area contributed by atoms with Crippen LogP contribution in [0.1, 0.15) is 18.4 Å². The third kappa shape index (κ3) is 6.03. The van der Waals surface area contributed by atoms with Gasteiger partial charge in [-0.1, -0.05) is 17.7 Å². The number of rotatable bonds is 7. The first-order valence-electron chi connectivity index (χ1n) is 5.13. The summed E-state index contributed by atoms with van der Waals surface area (Å²) in [6.45, 7) is 1.95. The molecular formula is C11H17ClN2S. The maximum atomic E-state index is 5.70. The van der Waals surface area contributed by atoms with Crippen molar-refractivity contribution in [1.29, 1.82) is 0 Å². The Balaban J connectivity index is 2.07. The molecule has 0 aromatic carbocycles. The summed E-state index contributed by atoms with van der Waals surface area (Å²) in [5, 5.41) is 3.94. The first-order valence-corrected chi connectivity index (χ1v) is 6.90. The Hall–Kier alpha value is -0.250. The van der Waals surface area contributed by atoms with Gasteiger partial charge in [-0.25, -0.2) is 4.98 Å². The minimum atomic E-state index is 0.554. The molecule has 0 saturated carbocycles. The number of hydrogen-bond donors (Lipinski definition) is 1. The van der Waals surface area contributed by atoms with Gasteiger partial charge in [0.15, 0.2) is 0 Å². The van der Waals surface area contributed by atoms with Crippen LogP contribution in [0.2, 0.25) is 5.15 Å². The van der Waals surface area contributed by atoms with E-state index >= 15 is 0 Å². The highest BCUT2D eigenvalue weighted by molar-refractivity contribution is 7.98. The van der Waals surface area contributed by atoms with E-state index in [2.05, 4.69) is 16.6 Å². The van der Waals surface area contributed by atoms with E-state index in [9.17, 15) is 0 Å². The average molecular weight is 245 g/mol. The number of hydrogen-bond acceptors (Lipinski definition) is 3. The molecule has 0 aliphatic carbocycles. The Morgan fingerprint density at radius 3 is 2.93 bits per heavy atom. The summed E-state index contributed by atoms with van der Waals surface area (Å²) in [6.07, 6.45) is 6.49. The molecular weight excluding hydrogens is 228 g/mol. The molecule has 0 unspecified atom stereocenters. The zero-order chi connectivity index (χ0) is 10.9. The molecule has 0 aliphatic heterocycles.